The minimum Gasteiger partial charge on any atom is -0.390 e. The molecule has 0 saturated heterocycles. The zero-order valence-electron chi connectivity index (χ0n) is 11.2. The molecule has 96 valence electrons. The van der Waals surface area contributed by atoms with Crippen molar-refractivity contribution in [2.45, 2.75) is 77.4 Å². The van der Waals surface area contributed by atoms with Gasteiger partial charge in [-0.2, -0.15) is 0 Å². The molecule has 2 nitrogen and oxygen atoms in total. The maximum Gasteiger partial charge on any atom is 0.0940 e. The largest absolute Gasteiger partial charge is 0.390 e. The number of unbranched alkanes of at least 4 members (excludes halogenated alkanes) is 1. The summed E-state index contributed by atoms with van der Waals surface area (Å²) < 4.78 is 5.93. The predicted octanol–water partition coefficient (Wildman–Crippen LogP) is 3.52. The molecular weight excluding hydrogens is 200 g/mol. The zero-order valence-corrected chi connectivity index (χ0v) is 11.2. The van der Waals surface area contributed by atoms with E-state index in [2.05, 4.69) is 13.8 Å². The highest BCUT2D eigenvalue weighted by molar-refractivity contribution is 4.92. The van der Waals surface area contributed by atoms with Crippen LogP contribution in [0.25, 0.3) is 0 Å². The van der Waals surface area contributed by atoms with E-state index in [-0.39, 0.29) is 11.7 Å². The van der Waals surface area contributed by atoms with Gasteiger partial charge in [0.15, 0.2) is 0 Å². The summed E-state index contributed by atoms with van der Waals surface area (Å²) in [5.74, 6) is 0.798. The molecule has 0 bridgehead atoms. The van der Waals surface area contributed by atoms with Gasteiger partial charge in [0.25, 0.3) is 0 Å². The first-order chi connectivity index (χ1) is 7.64. The Balaban J connectivity index is 2.57. The molecule has 1 N–H and O–H groups in total. The Morgan fingerprint density at radius 1 is 1.31 bits per heavy atom. The molecule has 0 aromatic rings. The molecule has 0 amide bonds. The number of aliphatic hydroxyl groups excluding tert-OH is 1. The molecule has 1 saturated carbocycles. The smallest absolute Gasteiger partial charge is 0.0940 e. The average molecular weight is 228 g/mol. The topological polar surface area (TPSA) is 29.5 Å². The summed E-state index contributed by atoms with van der Waals surface area (Å²) in [5, 5.41) is 10.3. The van der Waals surface area contributed by atoms with Crippen LogP contribution in [0, 0.1) is 5.92 Å². The summed E-state index contributed by atoms with van der Waals surface area (Å²) in [7, 11) is 0. The van der Waals surface area contributed by atoms with E-state index in [9.17, 15) is 5.11 Å². The number of aliphatic hydroxyl groups is 1. The van der Waals surface area contributed by atoms with Gasteiger partial charge in [0, 0.05) is 6.61 Å². The molecule has 1 atom stereocenters. The Kier molecular flexibility index (Phi) is 5.77. The fourth-order valence-electron chi connectivity index (χ4n) is 2.77. The highest BCUT2D eigenvalue weighted by atomic mass is 16.5. The second-order valence-electron chi connectivity index (χ2n) is 5.34. The zero-order chi connectivity index (χ0) is 12.0. The van der Waals surface area contributed by atoms with E-state index in [4.69, 9.17) is 4.74 Å². The molecule has 1 aliphatic carbocycles. The normalized spacial score (nSPS) is 32.6. The molecule has 1 aliphatic rings. The maximum absolute atomic E-state index is 10.3. The van der Waals surface area contributed by atoms with Crippen LogP contribution < -0.4 is 0 Å². The van der Waals surface area contributed by atoms with Crippen LogP contribution >= 0.6 is 0 Å². The fourth-order valence-corrected chi connectivity index (χ4v) is 2.77. The van der Waals surface area contributed by atoms with Crippen molar-refractivity contribution in [1.82, 2.24) is 0 Å². The van der Waals surface area contributed by atoms with E-state index in [0.717, 1.165) is 44.6 Å². The quantitative estimate of drug-likeness (QED) is 0.753. The van der Waals surface area contributed by atoms with Crippen molar-refractivity contribution in [3.8, 4) is 0 Å². The summed E-state index contributed by atoms with van der Waals surface area (Å²) >= 11 is 0. The van der Waals surface area contributed by atoms with Crippen molar-refractivity contribution in [2.75, 3.05) is 6.61 Å². The Hall–Kier alpha value is -0.0800. The van der Waals surface area contributed by atoms with Gasteiger partial charge in [0.1, 0.15) is 0 Å². The van der Waals surface area contributed by atoms with Gasteiger partial charge >= 0.3 is 0 Å². The molecular formula is C14H28O2. The van der Waals surface area contributed by atoms with E-state index < -0.39 is 0 Å². The predicted molar refractivity (Wildman–Crippen MR) is 67.5 cm³/mol. The van der Waals surface area contributed by atoms with E-state index in [1.165, 1.54) is 12.8 Å². The van der Waals surface area contributed by atoms with Crippen LogP contribution in [0.15, 0.2) is 0 Å². The third kappa shape index (κ3) is 3.46. The fraction of sp³-hybridized carbons (Fsp3) is 1.00. The third-order valence-corrected chi connectivity index (χ3v) is 3.99. The monoisotopic (exact) mass is 228 g/mol. The molecule has 0 aliphatic heterocycles. The molecule has 2 heteroatoms. The van der Waals surface area contributed by atoms with Gasteiger partial charge < -0.3 is 9.84 Å². The lowest BCUT2D eigenvalue weighted by Gasteiger charge is -2.42. The van der Waals surface area contributed by atoms with Gasteiger partial charge in [-0.15, -0.1) is 0 Å². The first kappa shape index (κ1) is 14.0. The van der Waals surface area contributed by atoms with Crippen LogP contribution in [0.3, 0.4) is 0 Å². The first-order valence-corrected chi connectivity index (χ1v) is 6.96. The Labute approximate surface area is 100 Å². The highest BCUT2D eigenvalue weighted by Gasteiger charge is 2.40. The first-order valence-electron chi connectivity index (χ1n) is 6.96. The summed E-state index contributed by atoms with van der Waals surface area (Å²) in [6, 6.07) is 0. The maximum atomic E-state index is 10.3. The standard InChI is InChI=1S/C14H28O2/c1-4-6-7-13(15)14(16-5-2)10-8-12(3)9-11-14/h12-13,15H,4-11H2,1-3H3. The number of hydrogen-bond acceptors (Lipinski definition) is 2. The van der Waals surface area contributed by atoms with Crippen molar-refractivity contribution in [1.29, 1.82) is 0 Å². The summed E-state index contributed by atoms with van der Waals surface area (Å²) in [6.07, 6.45) is 7.35. The molecule has 0 radical (unpaired) electrons. The van der Waals surface area contributed by atoms with E-state index in [1.807, 2.05) is 6.92 Å². The van der Waals surface area contributed by atoms with Crippen molar-refractivity contribution in [3.63, 3.8) is 0 Å². The van der Waals surface area contributed by atoms with Gasteiger partial charge in [-0.3, -0.25) is 0 Å². The van der Waals surface area contributed by atoms with Gasteiger partial charge in [-0.1, -0.05) is 26.7 Å². The van der Waals surface area contributed by atoms with Crippen molar-refractivity contribution in [3.05, 3.63) is 0 Å². The van der Waals surface area contributed by atoms with Crippen LogP contribution in [0.5, 0.6) is 0 Å². The van der Waals surface area contributed by atoms with Crippen LogP contribution in [-0.2, 0) is 4.74 Å². The summed E-state index contributed by atoms with van der Waals surface area (Å²) in [4.78, 5) is 0. The van der Waals surface area contributed by atoms with E-state index >= 15 is 0 Å². The van der Waals surface area contributed by atoms with Crippen LogP contribution in [0.4, 0.5) is 0 Å². The second kappa shape index (κ2) is 6.61. The number of hydrogen-bond donors (Lipinski definition) is 1. The van der Waals surface area contributed by atoms with Gasteiger partial charge in [-0.05, 0) is 44.9 Å². The minimum absolute atomic E-state index is 0.226. The van der Waals surface area contributed by atoms with Crippen molar-refractivity contribution >= 4 is 0 Å². The van der Waals surface area contributed by atoms with Crippen molar-refractivity contribution < 1.29 is 9.84 Å². The van der Waals surface area contributed by atoms with Gasteiger partial charge in [-0.25, -0.2) is 0 Å². The Morgan fingerprint density at radius 2 is 1.94 bits per heavy atom. The lowest BCUT2D eigenvalue weighted by atomic mass is 9.75. The van der Waals surface area contributed by atoms with E-state index in [1.54, 1.807) is 0 Å². The molecule has 0 heterocycles. The van der Waals surface area contributed by atoms with Crippen molar-refractivity contribution in [2.24, 2.45) is 5.92 Å². The van der Waals surface area contributed by atoms with E-state index in [0.29, 0.717) is 0 Å². The molecule has 1 unspecified atom stereocenters. The second-order valence-corrected chi connectivity index (χ2v) is 5.34. The molecule has 0 aromatic heterocycles. The van der Waals surface area contributed by atoms with Crippen LogP contribution in [0.2, 0.25) is 0 Å². The molecule has 1 fully saturated rings. The average Bonchev–Trinajstić information content (AvgIpc) is 2.29. The summed E-state index contributed by atoms with van der Waals surface area (Å²) in [5.41, 5.74) is -0.226. The SMILES string of the molecule is CCCCC(O)C1(OCC)CCC(C)CC1. The molecule has 16 heavy (non-hydrogen) atoms. The molecule has 1 rings (SSSR count). The van der Waals surface area contributed by atoms with Gasteiger partial charge in [0.2, 0.25) is 0 Å². The number of rotatable bonds is 6. The molecule has 0 spiro atoms. The van der Waals surface area contributed by atoms with Gasteiger partial charge in [0.05, 0.1) is 11.7 Å². The number of ether oxygens (including phenoxy) is 1. The minimum atomic E-state index is -0.264. The Morgan fingerprint density at radius 3 is 2.44 bits per heavy atom. The van der Waals surface area contributed by atoms with Crippen LogP contribution in [-0.4, -0.2) is 23.4 Å². The van der Waals surface area contributed by atoms with Crippen LogP contribution in [0.1, 0.15) is 65.7 Å². The molecule has 0 aromatic carbocycles. The highest BCUT2D eigenvalue weighted by Crippen LogP contribution is 2.38. The third-order valence-electron chi connectivity index (χ3n) is 3.99. The lowest BCUT2D eigenvalue weighted by molar-refractivity contribution is -0.146. The lowest BCUT2D eigenvalue weighted by Crippen LogP contribution is -2.47. The summed E-state index contributed by atoms with van der Waals surface area (Å²) in [6.45, 7) is 7.22. The Bertz CT molecular complexity index is 183.